The zero-order valence-corrected chi connectivity index (χ0v) is 12.8. The quantitative estimate of drug-likeness (QED) is 0.361. The molecule has 0 atom stereocenters. The Labute approximate surface area is 131 Å². The van der Waals surface area contributed by atoms with Crippen LogP contribution in [0.25, 0.3) is 0 Å². The Morgan fingerprint density at radius 2 is 1.86 bits per heavy atom. The Morgan fingerprint density at radius 3 is 2.41 bits per heavy atom. The number of esters is 1. The van der Waals surface area contributed by atoms with Gasteiger partial charge >= 0.3 is 5.97 Å². The molecule has 0 heterocycles. The second-order valence-corrected chi connectivity index (χ2v) is 4.32. The molecule has 0 aliphatic heterocycles. The van der Waals surface area contributed by atoms with Crippen molar-refractivity contribution >= 4 is 28.9 Å². The molecule has 0 radical (unpaired) electrons. The highest BCUT2D eigenvalue weighted by Crippen LogP contribution is 2.16. The average Bonchev–Trinajstić information content (AvgIpc) is 2.43. The summed E-state index contributed by atoms with van der Waals surface area (Å²) in [5.41, 5.74) is -0.293. The van der Waals surface area contributed by atoms with Crippen molar-refractivity contribution in [2.75, 3.05) is 18.5 Å². The highest BCUT2D eigenvalue weighted by molar-refractivity contribution is 7.81. The molecule has 0 saturated carbocycles. The standard InChI is InChI=1S/C14H15F2NO4S/c1-3-20-13(18)11(14(19)21-4-2)12(22)17-8-5-6-9(15)10(16)7-8/h5-7,18H,3-4H2,1-2H3,(H,17,22)/b13-11+. The smallest absolute Gasteiger partial charge is 0.348 e. The van der Waals surface area contributed by atoms with E-state index in [0.717, 1.165) is 12.1 Å². The van der Waals surface area contributed by atoms with Crippen molar-refractivity contribution in [3.8, 4) is 0 Å². The molecule has 5 nitrogen and oxygen atoms in total. The predicted octanol–water partition coefficient (Wildman–Crippen LogP) is 3.07. The number of halogens is 2. The van der Waals surface area contributed by atoms with Gasteiger partial charge in [-0.25, -0.2) is 13.6 Å². The lowest BCUT2D eigenvalue weighted by molar-refractivity contribution is -0.138. The molecule has 0 spiro atoms. The zero-order valence-electron chi connectivity index (χ0n) is 12.0. The van der Waals surface area contributed by atoms with Gasteiger partial charge in [0.25, 0.3) is 5.95 Å². The molecule has 1 aromatic carbocycles. The van der Waals surface area contributed by atoms with Crippen molar-refractivity contribution in [3.05, 3.63) is 41.4 Å². The fourth-order valence-electron chi connectivity index (χ4n) is 1.46. The number of hydrogen-bond donors (Lipinski definition) is 2. The molecule has 8 heteroatoms. The molecule has 1 aromatic rings. The van der Waals surface area contributed by atoms with E-state index in [1.54, 1.807) is 13.8 Å². The minimum Gasteiger partial charge on any atom is -0.480 e. The van der Waals surface area contributed by atoms with E-state index in [2.05, 4.69) is 5.32 Å². The zero-order chi connectivity index (χ0) is 16.7. The fourth-order valence-corrected chi connectivity index (χ4v) is 1.75. The molecule has 120 valence electrons. The summed E-state index contributed by atoms with van der Waals surface area (Å²) in [6.45, 7) is 3.35. The molecule has 0 aliphatic carbocycles. The molecule has 1 rings (SSSR count). The van der Waals surface area contributed by atoms with Crippen LogP contribution in [0.4, 0.5) is 14.5 Å². The monoisotopic (exact) mass is 331 g/mol. The van der Waals surface area contributed by atoms with Crippen molar-refractivity contribution in [1.82, 2.24) is 0 Å². The van der Waals surface area contributed by atoms with Crippen LogP contribution in [0, 0.1) is 11.6 Å². The van der Waals surface area contributed by atoms with Crippen LogP contribution in [0.2, 0.25) is 0 Å². The van der Waals surface area contributed by atoms with Gasteiger partial charge in [-0.05, 0) is 26.0 Å². The number of thiocarbonyl (C=S) groups is 1. The Kier molecular flexibility index (Phi) is 6.71. The van der Waals surface area contributed by atoms with Crippen LogP contribution in [0.1, 0.15) is 13.8 Å². The number of rotatable bonds is 6. The van der Waals surface area contributed by atoms with Crippen molar-refractivity contribution in [2.45, 2.75) is 13.8 Å². The Morgan fingerprint density at radius 1 is 1.23 bits per heavy atom. The number of carbonyl (C=O) groups is 1. The first-order valence-electron chi connectivity index (χ1n) is 6.40. The van der Waals surface area contributed by atoms with Crippen LogP contribution >= 0.6 is 12.2 Å². The van der Waals surface area contributed by atoms with E-state index in [4.69, 9.17) is 21.7 Å². The summed E-state index contributed by atoms with van der Waals surface area (Å²) in [7, 11) is 0. The largest absolute Gasteiger partial charge is 0.480 e. The summed E-state index contributed by atoms with van der Waals surface area (Å²) in [5.74, 6) is -3.70. The lowest BCUT2D eigenvalue weighted by Gasteiger charge is -2.13. The van der Waals surface area contributed by atoms with E-state index in [9.17, 15) is 18.7 Å². The van der Waals surface area contributed by atoms with E-state index < -0.39 is 29.1 Å². The molecule has 0 saturated heterocycles. The summed E-state index contributed by atoms with van der Waals surface area (Å²) in [6.07, 6.45) is 0. The van der Waals surface area contributed by atoms with Gasteiger partial charge in [0.15, 0.2) is 17.2 Å². The fraction of sp³-hybridized carbons (Fsp3) is 0.286. The molecule has 0 amide bonds. The molecular formula is C14H15F2NO4S. The predicted molar refractivity (Wildman–Crippen MR) is 80.5 cm³/mol. The minimum atomic E-state index is -1.08. The van der Waals surface area contributed by atoms with Crippen LogP contribution in [-0.2, 0) is 14.3 Å². The van der Waals surface area contributed by atoms with Gasteiger partial charge in [0.2, 0.25) is 0 Å². The first-order valence-corrected chi connectivity index (χ1v) is 6.81. The molecule has 0 aromatic heterocycles. The van der Waals surface area contributed by atoms with Gasteiger partial charge < -0.3 is 19.9 Å². The number of benzene rings is 1. The first kappa shape index (κ1) is 17.8. The summed E-state index contributed by atoms with van der Waals surface area (Å²) < 4.78 is 35.6. The number of nitrogens with one attached hydrogen (secondary N) is 1. The van der Waals surface area contributed by atoms with Crippen molar-refractivity contribution in [2.24, 2.45) is 0 Å². The van der Waals surface area contributed by atoms with Gasteiger partial charge in [-0.2, -0.15) is 0 Å². The molecule has 22 heavy (non-hydrogen) atoms. The summed E-state index contributed by atoms with van der Waals surface area (Å²) >= 11 is 4.99. The first-order chi connectivity index (χ1) is 10.4. The van der Waals surface area contributed by atoms with E-state index in [1.165, 1.54) is 6.07 Å². The van der Waals surface area contributed by atoms with E-state index in [-0.39, 0.29) is 23.9 Å². The number of aliphatic hydroxyl groups is 1. The Bertz CT molecular complexity index is 605. The van der Waals surface area contributed by atoms with Crippen LogP contribution in [0.15, 0.2) is 29.7 Å². The third-order valence-corrected chi connectivity index (χ3v) is 2.69. The third kappa shape index (κ3) is 4.66. The van der Waals surface area contributed by atoms with Crippen LogP contribution in [0.5, 0.6) is 0 Å². The molecule has 0 unspecified atom stereocenters. The minimum absolute atomic E-state index is 0.0650. The van der Waals surface area contributed by atoms with Crippen molar-refractivity contribution in [3.63, 3.8) is 0 Å². The summed E-state index contributed by atoms with van der Waals surface area (Å²) in [4.78, 5) is 11.6. The third-order valence-electron chi connectivity index (χ3n) is 2.38. The molecule has 0 fully saturated rings. The van der Waals surface area contributed by atoms with E-state index in [0.29, 0.717) is 0 Å². The number of anilines is 1. The summed E-state index contributed by atoms with van der Waals surface area (Å²) in [6, 6.07) is 2.99. The maximum atomic E-state index is 13.2. The second-order valence-electron chi connectivity index (χ2n) is 3.92. The van der Waals surface area contributed by atoms with Crippen LogP contribution < -0.4 is 5.32 Å². The van der Waals surface area contributed by atoms with E-state index in [1.807, 2.05) is 0 Å². The maximum absolute atomic E-state index is 13.2. The highest BCUT2D eigenvalue weighted by atomic mass is 32.1. The lowest BCUT2D eigenvalue weighted by Crippen LogP contribution is -2.23. The molecule has 0 bridgehead atoms. The molecule has 2 N–H and O–H groups in total. The van der Waals surface area contributed by atoms with Crippen LogP contribution in [0.3, 0.4) is 0 Å². The van der Waals surface area contributed by atoms with Gasteiger partial charge in [0, 0.05) is 11.8 Å². The number of hydrogen-bond acceptors (Lipinski definition) is 5. The number of ether oxygens (including phenoxy) is 2. The van der Waals surface area contributed by atoms with Crippen LogP contribution in [-0.4, -0.2) is 29.3 Å². The van der Waals surface area contributed by atoms with Gasteiger partial charge in [-0.15, -0.1) is 0 Å². The Hall–Kier alpha value is -2.22. The topological polar surface area (TPSA) is 67.8 Å². The van der Waals surface area contributed by atoms with Crippen molar-refractivity contribution < 1.29 is 28.2 Å². The molecule has 0 aliphatic rings. The lowest BCUT2D eigenvalue weighted by atomic mass is 10.2. The summed E-state index contributed by atoms with van der Waals surface area (Å²) in [5, 5.41) is 12.3. The Balaban J connectivity index is 3.04. The van der Waals surface area contributed by atoms with Gasteiger partial charge in [0.05, 0.1) is 13.2 Å². The maximum Gasteiger partial charge on any atom is 0.348 e. The number of aliphatic hydroxyl groups excluding tert-OH is 1. The second kappa shape index (κ2) is 8.28. The average molecular weight is 331 g/mol. The highest BCUT2D eigenvalue weighted by Gasteiger charge is 2.23. The number of carbonyl (C=O) groups excluding carboxylic acids is 1. The van der Waals surface area contributed by atoms with E-state index >= 15 is 0 Å². The normalized spacial score (nSPS) is 11.5. The van der Waals surface area contributed by atoms with Gasteiger partial charge in [-0.3, -0.25) is 0 Å². The molecular weight excluding hydrogens is 316 g/mol. The van der Waals surface area contributed by atoms with Crippen molar-refractivity contribution in [1.29, 1.82) is 0 Å². The van der Waals surface area contributed by atoms with Gasteiger partial charge in [0.1, 0.15) is 4.99 Å². The SMILES string of the molecule is CCOC(=O)/C(C(=S)Nc1ccc(F)c(F)c1)=C(\O)OCC. The van der Waals surface area contributed by atoms with Gasteiger partial charge in [-0.1, -0.05) is 12.2 Å².